The van der Waals surface area contributed by atoms with Crippen molar-refractivity contribution in [3.63, 3.8) is 0 Å². The zero-order chi connectivity index (χ0) is 24.8. The van der Waals surface area contributed by atoms with Crippen molar-refractivity contribution in [1.82, 2.24) is 5.32 Å². The molecule has 0 bridgehead atoms. The maximum absolute atomic E-state index is 11.8. The van der Waals surface area contributed by atoms with Crippen molar-refractivity contribution in [3.8, 4) is 11.5 Å². The third-order valence-electron chi connectivity index (χ3n) is 4.43. The monoisotopic (exact) mass is 469 g/mol. The number of unbranched alkanes of at least 4 members (excludes halogenated alkanes) is 2. The quantitative estimate of drug-likeness (QED) is 0.190. The molecule has 2 atom stereocenters. The van der Waals surface area contributed by atoms with Gasteiger partial charge in [-0.3, -0.25) is 9.59 Å². The summed E-state index contributed by atoms with van der Waals surface area (Å²) >= 11 is 0. The molecule has 0 heterocycles. The van der Waals surface area contributed by atoms with Gasteiger partial charge in [0.1, 0.15) is 12.1 Å². The topological polar surface area (TPSA) is 147 Å². The van der Waals surface area contributed by atoms with Crippen molar-refractivity contribution in [2.24, 2.45) is 0 Å². The molecule has 1 aromatic carbocycles. The minimum absolute atomic E-state index is 0.00252. The van der Waals surface area contributed by atoms with Gasteiger partial charge in [0.05, 0.1) is 14.2 Å². The molecule has 0 saturated carbocycles. The lowest BCUT2D eigenvalue weighted by Gasteiger charge is -2.19. The van der Waals surface area contributed by atoms with Crippen LogP contribution in [0, 0.1) is 0 Å². The number of hydrogen-bond donors (Lipinski definition) is 2. The molecule has 0 aliphatic carbocycles. The Bertz CT molecular complexity index is 810. The average Bonchev–Trinajstić information content (AvgIpc) is 2.77. The number of benzene rings is 1. The molecule has 0 aliphatic heterocycles. The molecule has 0 aromatic heterocycles. The van der Waals surface area contributed by atoms with Gasteiger partial charge in [0.15, 0.2) is 11.5 Å². The number of aliphatic carboxylic acids is 1. The number of carbonyl (C=O) groups is 4. The van der Waals surface area contributed by atoms with Crippen LogP contribution in [0.25, 0.3) is 0 Å². The van der Waals surface area contributed by atoms with E-state index in [4.69, 9.17) is 14.2 Å². The highest BCUT2D eigenvalue weighted by molar-refractivity contribution is 5.74. The number of carbonyl (C=O) groups excluding carboxylic acids is 3. The Balaban J connectivity index is 2.82. The Labute approximate surface area is 192 Å². The number of esters is 1. The van der Waals surface area contributed by atoms with Crippen LogP contribution < -0.4 is 14.8 Å². The van der Waals surface area contributed by atoms with Crippen molar-refractivity contribution in [1.29, 1.82) is 0 Å². The third-order valence-corrected chi connectivity index (χ3v) is 4.43. The van der Waals surface area contributed by atoms with Gasteiger partial charge in [0, 0.05) is 13.0 Å². The van der Waals surface area contributed by atoms with Gasteiger partial charge in [0.2, 0.25) is 0 Å². The van der Waals surface area contributed by atoms with Crippen LogP contribution in [0.5, 0.6) is 11.5 Å². The van der Waals surface area contributed by atoms with Gasteiger partial charge in [0.25, 0.3) is 0 Å². The van der Waals surface area contributed by atoms with Gasteiger partial charge in [-0.25, -0.2) is 9.59 Å². The molecular formula is C22H31NO10. The molecular weight excluding hydrogens is 438 g/mol. The van der Waals surface area contributed by atoms with Crippen molar-refractivity contribution in [2.45, 2.75) is 58.1 Å². The molecule has 0 radical (unpaired) electrons. The fourth-order valence-electron chi connectivity index (χ4n) is 2.74. The summed E-state index contributed by atoms with van der Waals surface area (Å²) in [5.74, 6) is -1.71. The largest absolute Gasteiger partial charge is 0.513 e. The predicted octanol–water partition coefficient (Wildman–Crippen LogP) is 3.07. The minimum Gasteiger partial charge on any atom is -0.480 e. The molecule has 184 valence electrons. The van der Waals surface area contributed by atoms with Crippen LogP contribution in [-0.2, 0) is 30.2 Å². The number of methoxy groups -OCH3 is 2. The number of rotatable bonds is 13. The number of hydrogen-bond acceptors (Lipinski definition) is 10. The van der Waals surface area contributed by atoms with Crippen LogP contribution in [0.15, 0.2) is 18.2 Å². The molecule has 0 saturated heterocycles. The molecule has 11 heteroatoms. The summed E-state index contributed by atoms with van der Waals surface area (Å²) in [6.45, 7) is 3.84. The zero-order valence-corrected chi connectivity index (χ0v) is 19.3. The second kappa shape index (κ2) is 14.7. The Morgan fingerprint density at radius 2 is 1.64 bits per heavy atom. The second-order valence-electron chi connectivity index (χ2n) is 7.15. The summed E-state index contributed by atoms with van der Waals surface area (Å²) in [6.07, 6.45) is 0.409. The molecule has 1 rings (SSSR count). The molecule has 0 aliphatic rings. The van der Waals surface area contributed by atoms with Gasteiger partial charge < -0.3 is 34.1 Å². The molecule has 33 heavy (non-hydrogen) atoms. The highest BCUT2D eigenvalue weighted by Crippen LogP contribution is 2.30. The molecule has 1 aromatic rings. The Morgan fingerprint density at radius 1 is 1.00 bits per heavy atom. The van der Waals surface area contributed by atoms with Crippen molar-refractivity contribution in [3.05, 3.63) is 23.8 Å². The van der Waals surface area contributed by atoms with Gasteiger partial charge in [-0.2, -0.15) is 0 Å². The van der Waals surface area contributed by atoms with E-state index in [-0.39, 0.29) is 30.4 Å². The minimum atomic E-state index is -1.12. The molecule has 0 amide bonds. The maximum atomic E-state index is 11.8. The van der Waals surface area contributed by atoms with Crippen LogP contribution in [0.2, 0.25) is 0 Å². The second-order valence-corrected chi connectivity index (χ2v) is 7.15. The summed E-state index contributed by atoms with van der Waals surface area (Å²) < 4.78 is 24.1. The first kappa shape index (κ1) is 27.7. The predicted molar refractivity (Wildman–Crippen MR) is 115 cm³/mol. The van der Waals surface area contributed by atoms with Crippen LogP contribution in [0.4, 0.5) is 9.59 Å². The number of ether oxygens (including phenoxy) is 5. The van der Waals surface area contributed by atoms with Gasteiger partial charge in [-0.05, 0) is 37.5 Å². The van der Waals surface area contributed by atoms with E-state index < -0.39 is 30.4 Å². The van der Waals surface area contributed by atoms with E-state index in [9.17, 15) is 24.3 Å². The van der Waals surface area contributed by atoms with Crippen LogP contribution in [0.1, 0.15) is 45.1 Å². The first-order valence-corrected chi connectivity index (χ1v) is 10.5. The SMILES string of the molecule is CCCCCC(=O)OC(C)CN[C@@H](Cc1ccc(OC(=O)OC)c(OC(=O)OC)c1)C(=O)O. The number of nitrogens with one attached hydrogen (secondary N) is 1. The lowest BCUT2D eigenvalue weighted by atomic mass is 10.0. The van der Waals surface area contributed by atoms with Crippen molar-refractivity contribution < 1.29 is 48.0 Å². The third kappa shape index (κ3) is 10.7. The van der Waals surface area contributed by atoms with Crippen LogP contribution in [0.3, 0.4) is 0 Å². The van der Waals surface area contributed by atoms with Gasteiger partial charge >= 0.3 is 24.2 Å². The van der Waals surface area contributed by atoms with Gasteiger partial charge in [-0.1, -0.05) is 25.8 Å². The van der Waals surface area contributed by atoms with Gasteiger partial charge in [-0.15, -0.1) is 0 Å². The Morgan fingerprint density at radius 3 is 2.21 bits per heavy atom. The Hall–Kier alpha value is -3.34. The smallest absolute Gasteiger partial charge is 0.480 e. The summed E-state index contributed by atoms with van der Waals surface area (Å²) in [5.41, 5.74) is 0.468. The van der Waals surface area contributed by atoms with E-state index in [0.717, 1.165) is 33.5 Å². The molecule has 0 fully saturated rings. The van der Waals surface area contributed by atoms with E-state index in [1.165, 1.54) is 18.2 Å². The fourth-order valence-corrected chi connectivity index (χ4v) is 2.74. The lowest BCUT2D eigenvalue weighted by Crippen LogP contribution is -2.42. The molecule has 0 spiro atoms. The first-order valence-electron chi connectivity index (χ1n) is 10.5. The normalized spacial score (nSPS) is 12.2. The van der Waals surface area contributed by atoms with Crippen molar-refractivity contribution >= 4 is 24.2 Å². The van der Waals surface area contributed by atoms with E-state index >= 15 is 0 Å². The van der Waals surface area contributed by atoms with Crippen LogP contribution in [-0.4, -0.2) is 62.3 Å². The Kier molecular flexibility index (Phi) is 12.3. The average molecular weight is 469 g/mol. The number of carboxylic acid groups (broad SMARTS) is 1. The number of carboxylic acids is 1. The maximum Gasteiger partial charge on any atom is 0.513 e. The van der Waals surface area contributed by atoms with Crippen LogP contribution >= 0.6 is 0 Å². The van der Waals surface area contributed by atoms with E-state index in [0.29, 0.717) is 12.0 Å². The van der Waals surface area contributed by atoms with E-state index in [1.54, 1.807) is 6.92 Å². The van der Waals surface area contributed by atoms with E-state index in [2.05, 4.69) is 14.8 Å². The summed E-state index contributed by atoms with van der Waals surface area (Å²) in [6, 6.07) is 3.18. The lowest BCUT2D eigenvalue weighted by molar-refractivity contribution is -0.148. The van der Waals surface area contributed by atoms with Crippen molar-refractivity contribution in [2.75, 3.05) is 20.8 Å². The molecule has 2 N–H and O–H groups in total. The first-order chi connectivity index (χ1) is 15.7. The highest BCUT2D eigenvalue weighted by Gasteiger charge is 2.22. The zero-order valence-electron chi connectivity index (χ0n) is 19.3. The molecule has 11 nitrogen and oxygen atoms in total. The summed E-state index contributed by atoms with van der Waals surface area (Å²) in [7, 11) is 2.22. The van der Waals surface area contributed by atoms with E-state index in [1.807, 2.05) is 6.92 Å². The standard InChI is InChI=1S/C22H31NO10/c1-5-6-7-8-19(24)31-14(2)13-23-16(20(25)26)11-15-9-10-17(32-21(27)29-3)18(12-15)33-22(28)30-4/h9-10,12,14,16,23H,5-8,11,13H2,1-4H3,(H,25,26)/t14?,16-/m0/s1. The highest BCUT2D eigenvalue weighted by atomic mass is 16.7. The summed E-state index contributed by atoms with van der Waals surface area (Å²) in [5, 5.41) is 12.4. The molecule has 1 unspecified atom stereocenters. The summed E-state index contributed by atoms with van der Waals surface area (Å²) in [4.78, 5) is 46.4. The fraction of sp³-hybridized carbons (Fsp3) is 0.545.